The van der Waals surface area contributed by atoms with E-state index in [1.807, 2.05) is 23.1 Å². The summed E-state index contributed by atoms with van der Waals surface area (Å²) >= 11 is 0. The highest BCUT2D eigenvalue weighted by atomic mass is 16.5. The largest absolute Gasteiger partial charge is 0.497 e. The first-order valence-electron chi connectivity index (χ1n) is 11.2. The van der Waals surface area contributed by atoms with Gasteiger partial charge in [-0.3, -0.25) is 9.59 Å². The Hall–Kier alpha value is -3.22. The lowest BCUT2D eigenvalue weighted by Gasteiger charge is -2.38. The summed E-state index contributed by atoms with van der Waals surface area (Å²) in [6.07, 6.45) is 2.61. The van der Waals surface area contributed by atoms with E-state index in [0.29, 0.717) is 24.4 Å². The Labute approximate surface area is 189 Å². The molecule has 32 heavy (non-hydrogen) atoms. The molecule has 0 unspecified atom stereocenters. The molecule has 7 nitrogen and oxygen atoms in total. The summed E-state index contributed by atoms with van der Waals surface area (Å²) in [5.41, 5.74) is 1.69. The summed E-state index contributed by atoms with van der Waals surface area (Å²) in [4.78, 5) is 30.2. The summed E-state index contributed by atoms with van der Waals surface area (Å²) in [5, 5.41) is 3.10. The Morgan fingerprint density at radius 2 is 1.62 bits per heavy atom. The van der Waals surface area contributed by atoms with Crippen LogP contribution in [0.25, 0.3) is 0 Å². The van der Waals surface area contributed by atoms with Gasteiger partial charge < -0.3 is 24.6 Å². The zero-order valence-electron chi connectivity index (χ0n) is 18.8. The van der Waals surface area contributed by atoms with Crippen molar-refractivity contribution >= 4 is 17.5 Å². The molecule has 1 aliphatic heterocycles. The van der Waals surface area contributed by atoms with Gasteiger partial charge in [-0.05, 0) is 49.2 Å². The zero-order valence-corrected chi connectivity index (χ0v) is 18.8. The van der Waals surface area contributed by atoms with Crippen LogP contribution < -0.4 is 19.7 Å². The molecule has 2 atom stereocenters. The molecule has 1 aliphatic carbocycles. The van der Waals surface area contributed by atoms with Gasteiger partial charge in [-0.25, -0.2) is 0 Å². The van der Waals surface area contributed by atoms with E-state index in [9.17, 15) is 9.59 Å². The molecule has 170 valence electrons. The topological polar surface area (TPSA) is 71.1 Å². The number of nitrogens with zero attached hydrogens (tertiary/aromatic N) is 2. The predicted molar refractivity (Wildman–Crippen MR) is 123 cm³/mol. The SMILES string of the molecule is COc1ccc(C(=O)N[C@@H]2CCC[C@@H]2C(=O)N2CCN(c3cccc(OC)c3)CC2)cc1. The summed E-state index contributed by atoms with van der Waals surface area (Å²) < 4.78 is 10.5. The van der Waals surface area contributed by atoms with Crippen LogP contribution in [-0.4, -0.2) is 63.2 Å². The smallest absolute Gasteiger partial charge is 0.251 e. The van der Waals surface area contributed by atoms with Crippen LogP contribution in [0.3, 0.4) is 0 Å². The van der Waals surface area contributed by atoms with Crippen molar-refractivity contribution in [2.75, 3.05) is 45.3 Å². The average molecular weight is 438 g/mol. The number of hydrogen-bond acceptors (Lipinski definition) is 5. The van der Waals surface area contributed by atoms with E-state index in [4.69, 9.17) is 9.47 Å². The maximum absolute atomic E-state index is 13.3. The fraction of sp³-hybridized carbons (Fsp3) is 0.440. The Balaban J connectivity index is 1.33. The molecule has 0 aromatic heterocycles. The van der Waals surface area contributed by atoms with Gasteiger partial charge in [0.15, 0.2) is 0 Å². The first-order valence-corrected chi connectivity index (χ1v) is 11.2. The Bertz CT molecular complexity index is 938. The molecular weight excluding hydrogens is 406 g/mol. The molecule has 2 aromatic carbocycles. The molecule has 0 bridgehead atoms. The Kier molecular flexibility index (Phi) is 6.83. The number of piperazine rings is 1. The Morgan fingerprint density at radius 3 is 2.31 bits per heavy atom. The van der Waals surface area contributed by atoms with Crippen molar-refractivity contribution in [3.8, 4) is 11.5 Å². The third-order valence-corrected chi connectivity index (χ3v) is 6.51. The molecule has 0 spiro atoms. The first-order chi connectivity index (χ1) is 15.6. The molecule has 1 saturated heterocycles. The van der Waals surface area contributed by atoms with Crippen molar-refractivity contribution in [3.63, 3.8) is 0 Å². The predicted octanol–water partition coefficient (Wildman–Crippen LogP) is 2.95. The number of amides is 2. The molecule has 2 aromatic rings. The van der Waals surface area contributed by atoms with Gasteiger partial charge in [-0.2, -0.15) is 0 Å². The highest BCUT2D eigenvalue weighted by molar-refractivity contribution is 5.95. The molecule has 1 heterocycles. The number of anilines is 1. The van der Waals surface area contributed by atoms with Crippen molar-refractivity contribution in [1.82, 2.24) is 10.2 Å². The monoisotopic (exact) mass is 437 g/mol. The Morgan fingerprint density at radius 1 is 0.906 bits per heavy atom. The minimum atomic E-state index is -0.152. The van der Waals surface area contributed by atoms with Gasteiger partial charge in [-0.15, -0.1) is 0 Å². The third-order valence-electron chi connectivity index (χ3n) is 6.51. The van der Waals surface area contributed by atoms with Crippen molar-refractivity contribution in [1.29, 1.82) is 0 Å². The summed E-state index contributed by atoms with van der Waals surface area (Å²) in [5.74, 6) is 1.42. The summed E-state index contributed by atoms with van der Waals surface area (Å²) in [7, 11) is 3.27. The van der Waals surface area contributed by atoms with Gasteiger partial charge in [0.2, 0.25) is 5.91 Å². The van der Waals surface area contributed by atoms with Crippen LogP contribution in [0.5, 0.6) is 11.5 Å². The minimum absolute atomic E-state index is 0.117. The average Bonchev–Trinajstić information content (AvgIpc) is 3.31. The second-order valence-corrected chi connectivity index (χ2v) is 8.36. The normalized spacial score (nSPS) is 20.7. The molecular formula is C25H31N3O4. The molecule has 1 saturated carbocycles. The van der Waals surface area contributed by atoms with Crippen molar-refractivity contribution in [3.05, 3.63) is 54.1 Å². The molecule has 4 rings (SSSR count). The molecule has 2 amide bonds. The number of rotatable bonds is 6. The highest BCUT2D eigenvalue weighted by Crippen LogP contribution is 2.29. The number of carbonyl (C=O) groups excluding carboxylic acids is 2. The van der Waals surface area contributed by atoms with Crippen LogP contribution in [0, 0.1) is 5.92 Å². The van der Waals surface area contributed by atoms with Crippen LogP contribution in [0.1, 0.15) is 29.6 Å². The quantitative estimate of drug-likeness (QED) is 0.753. The number of carbonyl (C=O) groups is 2. The van der Waals surface area contributed by atoms with Gasteiger partial charge in [0.25, 0.3) is 5.91 Å². The van der Waals surface area contributed by atoms with E-state index in [1.54, 1.807) is 38.5 Å². The fourth-order valence-electron chi connectivity index (χ4n) is 4.65. The summed E-state index contributed by atoms with van der Waals surface area (Å²) in [6, 6.07) is 14.9. The maximum atomic E-state index is 13.3. The minimum Gasteiger partial charge on any atom is -0.497 e. The van der Waals surface area contributed by atoms with Crippen LogP contribution in [-0.2, 0) is 4.79 Å². The van der Waals surface area contributed by atoms with Crippen molar-refractivity contribution in [2.45, 2.75) is 25.3 Å². The van der Waals surface area contributed by atoms with Gasteiger partial charge in [0, 0.05) is 49.5 Å². The number of ether oxygens (including phenoxy) is 2. The second-order valence-electron chi connectivity index (χ2n) is 8.36. The number of nitrogens with one attached hydrogen (secondary N) is 1. The number of hydrogen-bond donors (Lipinski definition) is 1. The van der Waals surface area contributed by atoms with Crippen LogP contribution in [0.2, 0.25) is 0 Å². The number of benzene rings is 2. The lowest BCUT2D eigenvalue weighted by Crippen LogP contribution is -2.52. The standard InChI is InChI=1S/C25H31N3O4/c1-31-20-11-9-18(10-12-20)24(29)26-23-8-4-7-22(23)25(30)28-15-13-27(14-16-28)19-5-3-6-21(17-19)32-2/h3,5-6,9-12,17,22-23H,4,7-8,13-16H2,1-2H3,(H,26,29)/t22-,23+/m0/s1. The maximum Gasteiger partial charge on any atom is 0.251 e. The first kappa shape index (κ1) is 22.0. The lowest BCUT2D eigenvalue weighted by atomic mass is 10.0. The molecule has 2 fully saturated rings. The van der Waals surface area contributed by atoms with E-state index >= 15 is 0 Å². The van der Waals surface area contributed by atoms with E-state index in [0.717, 1.165) is 43.8 Å². The molecule has 1 N–H and O–H groups in total. The van der Waals surface area contributed by atoms with E-state index in [2.05, 4.69) is 16.3 Å². The van der Waals surface area contributed by atoms with Gasteiger partial charge >= 0.3 is 0 Å². The summed E-state index contributed by atoms with van der Waals surface area (Å²) in [6.45, 7) is 2.94. The van der Waals surface area contributed by atoms with Crippen molar-refractivity contribution in [2.24, 2.45) is 5.92 Å². The lowest BCUT2D eigenvalue weighted by molar-refractivity contribution is -0.136. The zero-order chi connectivity index (χ0) is 22.5. The van der Waals surface area contributed by atoms with Gasteiger partial charge in [0.1, 0.15) is 11.5 Å². The third kappa shape index (κ3) is 4.82. The fourth-order valence-corrected chi connectivity index (χ4v) is 4.65. The molecule has 2 aliphatic rings. The van der Waals surface area contributed by atoms with Gasteiger partial charge in [-0.1, -0.05) is 12.5 Å². The van der Waals surface area contributed by atoms with Crippen LogP contribution in [0.15, 0.2) is 48.5 Å². The van der Waals surface area contributed by atoms with Gasteiger partial charge in [0.05, 0.1) is 20.1 Å². The van der Waals surface area contributed by atoms with Crippen LogP contribution in [0.4, 0.5) is 5.69 Å². The second kappa shape index (κ2) is 9.94. The van der Waals surface area contributed by atoms with E-state index < -0.39 is 0 Å². The van der Waals surface area contributed by atoms with Crippen molar-refractivity contribution < 1.29 is 19.1 Å². The van der Waals surface area contributed by atoms with E-state index in [1.165, 1.54) is 0 Å². The number of methoxy groups -OCH3 is 2. The molecule has 0 radical (unpaired) electrons. The highest BCUT2D eigenvalue weighted by Gasteiger charge is 2.37. The van der Waals surface area contributed by atoms with Crippen LogP contribution >= 0.6 is 0 Å². The van der Waals surface area contributed by atoms with E-state index in [-0.39, 0.29) is 23.8 Å². The molecule has 7 heteroatoms.